The fraction of sp³-hybridized carbons (Fsp3) is 0.391. The highest BCUT2D eigenvalue weighted by atomic mass is 35.5. The first-order valence-corrected chi connectivity index (χ1v) is 11.4. The van der Waals surface area contributed by atoms with Crippen molar-refractivity contribution in [1.82, 2.24) is 14.9 Å². The second kappa shape index (κ2) is 13.1. The number of nitrogens with two attached hydrogens (primary N) is 2. The third-order valence-corrected chi connectivity index (χ3v) is 5.57. The number of anilines is 1. The Morgan fingerprint density at radius 1 is 1.39 bits per heavy atom. The molecule has 36 heavy (non-hydrogen) atoms. The van der Waals surface area contributed by atoms with Crippen molar-refractivity contribution in [2.24, 2.45) is 10.7 Å². The molecule has 0 amide bonds. The Morgan fingerprint density at radius 3 is 2.89 bits per heavy atom. The van der Waals surface area contributed by atoms with Gasteiger partial charge in [-0.05, 0) is 17.2 Å². The van der Waals surface area contributed by atoms with Crippen LogP contribution in [0.15, 0.2) is 40.9 Å². The normalized spacial score (nSPS) is 17.3. The molecule has 0 aliphatic carbocycles. The van der Waals surface area contributed by atoms with E-state index in [0.29, 0.717) is 31.0 Å². The molecular weight excluding hydrogens is 498 g/mol. The molecule has 0 radical (unpaired) electrons. The molecular formula is C23H27ClF2N6O4. The summed E-state index contributed by atoms with van der Waals surface area (Å²) in [6.07, 6.45) is 1.11. The molecule has 0 bridgehead atoms. The first-order valence-electron chi connectivity index (χ1n) is 11.0. The number of rotatable bonds is 10. The summed E-state index contributed by atoms with van der Waals surface area (Å²) in [4.78, 5) is 25.0. The summed E-state index contributed by atoms with van der Waals surface area (Å²) in [5.41, 5.74) is 13.1. The second-order valence-corrected chi connectivity index (χ2v) is 8.10. The van der Waals surface area contributed by atoms with Gasteiger partial charge in [-0.1, -0.05) is 29.8 Å². The molecule has 10 nitrogen and oxygen atoms in total. The van der Waals surface area contributed by atoms with Crippen LogP contribution in [0, 0.1) is 0 Å². The molecule has 194 valence electrons. The van der Waals surface area contributed by atoms with Crippen LogP contribution in [-0.2, 0) is 20.7 Å². The lowest BCUT2D eigenvalue weighted by Crippen LogP contribution is -2.51. The van der Waals surface area contributed by atoms with E-state index in [1.807, 2.05) is 4.90 Å². The van der Waals surface area contributed by atoms with Gasteiger partial charge in [0.2, 0.25) is 5.95 Å². The minimum Gasteiger partial charge on any atom is -0.492 e. The zero-order valence-corrected chi connectivity index (χ0v) is 20.3. The highest BCUT2D eigenvalue weighted by molar-refractivity contribution is 6.29. The Balaban J connectivity index is 1.79. The van der Waals surface area contributed by atoms with Crippen molar-refractivity contribution >= 4 is 35.4 Å². The number of para-hydroxylation sites is 1. The lowest BCUT2D eigenvalue weighted by Gasteiger charge is -2.33. The molecule has 0 spiro atoms. The number of halogens is 3. The van der Waals surface area contributed by atoms with Crippen LogP contribution in [0.1, 0.15) is 11.3 Å². The highest BCUT2D eigenvalue weighted by Crippen LogP contribution is 2.24. The molecule has 1 aliphatic rings. The van der Waals surface area contributed by atoms with Crippen LogP contribution in [0.4, 0.5) is 14.7 Å². The van der Waals surface area contributed by atoms with Crippen LogP contribution in [0.3, 0.4) is 0 Å². The molecule has 1 aromatic heterocycles. The van der Waals surface area contributed by atoms with Gasteiger partial charge in [0, 0.05) is 31.8 Å². The molecule has 13 heteroatoms. The lowest BCUT2D eigenvalue weighted by molar-refractivity contribution is -0.153. The number of aliphatic imine (C=N–C) groups is 1. The maximum Gasteiger partial charge on any atom is 0.331 e. The number of hydrogen-bond acceptors (Lipinski definition) is 10. The average molecular weight is 525 g/mol. The Labute approximate surface area is 211 Å². The number of hydrogen-bond donors (Lipinski definition) is 2. The van der Waals surface area contributed by atoms with Crippen molar-refractivity contribution in [2.75, 3.05) is 45.8 Å². The van der Waals surface area contributed by atoms with E-state index in [4.69, 9.17) is 37.3 Å². The van der Waals surface area contributed by atoms with Crippen molar-refractivity contribution in [3.63, 3.8) is 0 Å². The number of carbonyl (C=O) groups is 1. The van der Waals surface area contributed by atoms with Gasteiger partial charge in [-0.25, -0.2) is 15.0 Å². The van der Waals surface area contributed by atoms with E-state index < -0.39 is 12.6 Å². The summed E-state index contributed by atoms with van der Waals surface area (Å²) in [6.45, 7) is -0.899. The molecule has 1 saturated heterocycles. The molecule has 2 heterocycles. The molecule has 0 saturated carbocycles. The number of carbonyl (C=O) groups excluding carboxylic acids is 1. The van der Waals surface area contributed by atoms with Gasteiger partial charge in [0.1, 0.15) is 23.6 Å². The maximum atomic E-state index is 12.9. The largest absolute Gasteiger partial charge is 0.492 e. The van der Waals surface area contributed by atoms with E-state index in [1.165, 1.54) is 13.2 Å². The van der Waals surface area contributed by atoms with Gasteiger partial charge in [0.05, 0.1) is 31.7 Å². The third-order valence-electron chi connectivity index (χ3n) is 5.38. The molecule has 1 aliphatic heterocycles. The Hall–Kier alpha value is -3.35. The van der Waals surface area contributed by atoms with Gasteiger partial charge < -0.3 is 25.7 Å². The number of alkyl halides is 2. The zero-order chi connectivity index (χ0) is 26.1. The molecule has 1 aromatic carbocycles. The number of ether oxygens (including phenoxy) is 3. The topological polar surface area (TPSA) is 138 Å². The standard InChI is InChI=1S/C23H27ClF2N6O4/c1-34-21(33)17-13-35-8-6-32(17)7-9-36-18-5-3-2-4-14(18)10-15(12-29-22(25)26)20(27)16-11-19(24)31-23(28)30-16/h2-5,11-12,17,22H,6-10,13,27H2,1H3,(H2,28,30,31)/b20-15-,29-12+/t17-/m0/s1. The van der Waals surface area contributed by atoms with Crippen molar-refractivity contribution in [1.29, 1.82) is 0 Å². The zero-order valence-electron chi connectivity index (χ0n) is 19.6. The first kappa shape index (κ1) is 27.2. The summed E-state index contributed by atoms with van der Waals surface area (Å²) in [5, 5.41) is 0.0581. The van der Waals surface area contributed by atoms with Gasteiger partial charge >= 0.3 is 12.5 Å². The summed E-state index contributed by atoms with van der Waals surface area (Å²) < 4.78 is 42.0. The van der Waals surface area contributed by atoms with Gasteiger partial charge in [0.15, 0.2) is 0 Å². The van der Waals surface area contributed by atoms with Gasteiger partial charge in [0.25, 0.3) is 0 Å². The second-order valence-electron chi connectivity index (χ2n) is 7.71. The van der Waals surface area contributed by atoms with Crippen molar-refractivity contribution in [3.05, 3.63) is 52.3 Å². The van der Waals surface area contributed by atoms with E-state index in [2.05, 4.69) is 15.0 Å². The maximum absolute atomic E-state index is 12.9. The van der Waals surface area contributed by atoms with Gasteiger partial charge in [-0.2, -0.15) is 8.78 Å². The van der Waals surface area contributed by atoms with Crippen molar-refractivity contribution in [2.45, 2.75) is 19.0 Å². The van der Waals surface area contributed by atoms with Crippen LogP contribution in [0.2, 0.25) is 5.15 Å². The quantitative estimate of drug-likeness (QED) is 0.207. The number of nitrogens with zero attached hydrogens (tertiary/aromatic N) is 4. The Kier molecular flexibility index (Phi) is 9.91. The fourth-order valence-electron chi connectivity index (χ4n) is 3.62. The molecule has 3 rings (SSSR count). The summed E-state index contributed by atoms with van der Waals surface area (Å²) in [7, 11) is 1.33. The molecule has 4 N–H and O–H groups in total. The summed E-state index contributed by atoms with van der Waals surface area (Å²) >= 11 is 5.95. The minimum absolute atomic E-state index is 0.0581. The number of esters is 1. The van der Waals surface area contributed by atoms with Crippen LogP contribution >= 0.6 is 11.6 Å². The minimum atomic E-state index is -2.92. The van der Waals surface area contributed by atoms with Crippen LogP contribution < -0.4 is 16.2 Å². The predicted molar refractivity (Wildman–Crippen MR) is 131 cm³/mol. The van der Waals surface area contributed by atoms with E-state index in [1.54, 1.807) is 24.3 Å². The number of benzene rings is 1. The molecule has 1 atom stereocenters. The smallest absolute Gasteiger partial charge is 0.331 e. The third kappa shape index (κ3) is 7.57. The monoisotopic (exact) mass is 524 g/mol. The summed E-state index contributed by atoms with van der Waals surface area (Å²) in [5.74, 6) is 0.0446. The fourth-order valence-corrected chi connectivity index (χ4v) is 3.81. The SMILES string of the molecule is COC(=O)[C@@H]1COCCN1CCOc1ccccc1CC(/C=N/C(F)F)=C(/N)c1cc(Cl)nc(N)n1. The first-order chi connectivity index (χ1) is 17.3. The van der Waals surface area contributed by atoms with Gasteiger partial charge in [-0.3, -0.25) is 9.69 Å². The molecule has 1 fully saturated rings. The molecule has 2 aromatic rings. The highest BCUT2D eigenvalue weighted by Gasteiger charge is 2.30. The number of morpholine rings is 1. The molecule has 0 unspecified atom stereocenters. The average Bonchev–Trinajstić information content (AvgIpc) is 2.86. The van der Waals surface area contributed by atoms with Crippen molar-refractivity contribution < 1.29 is 27.8 Å². The summed E-state index contributed by atoms with van der Waals surface area (Å²) in [6, 6.07) is 7.99. The number of aromatic nitrogens is 2. The van der Waals surface area contributed by atoms with Crippen molar-refractivity contribution in [3.8, 4) is 5.75 Å². The van der Waals surface area contributed by atoms with Crippen LogP contribution in [0.5, 0.6) is 5.75 Å². The number of methoxy groups -OCH3 is 1. The number of allylic oxidation sites excluding steroid dienone is 1. The lowest BCUT2D eigenvalue weighted by atomic mass is 10.0. The Bertz CT molecular complexity index is 1100. The number of nitrogen functional groups attached to an aromatic ring is 1. The van der Waals surface area contributed by atoms with E-state index >= 15 is 0 Å². The predicted octanol–water partition coefficient (Wildman–Crippen LogP) is 2.17. The van der Waals surface area contributed by atoms with Gasteiger partial charge in [-0.15, -0.1) is 0 Å². The van der Waals surface area contributed by atoms with E-state index in [-0.39, 0.29) is 53.7 Å². The van der Waals surface area contributed by atoms with Crippen LogP contribution in [0.25, 0.3) is 5.70 Å². The Morgan fingerprint density at radius 2 is 2.17 bits per heavy atom. The van der Waals surface area contributed by atoms with E-state index in [9.17, 15) is 13.6 Å². The van der Waals surface area contributed by atoms with E-state index in [0.717, 1.165) is 6.21 Å². The van der Waals surface area contributed by atoms with Crippen LogP contribution in [-0.4, -0.2) is 79.7 Å².